The van der Waals surface area contributed by atoms with Crippen molar-refractivity contribution in [2.45, 2.75) is 38.5 Å². The van der Waals surface area contributed by atoms with Crippen molar-refractivity contribution in [3.8, 4) is 5.75 Å². The Bertz CT molecular complexity index is 974. The summed E-state index contributed by atoms with van der Waals surface area (Å²) in [6, 6.07) is 15.9. The summed E-state index contributed by atoms with van der Waals surface area (Å²) in [5.74, 6) is 0.832. The number of methoxy groups -OCH3 is 1. The third kappa shape index (κ3) is 4.65. The topological polar surface area (TPSA) is 85.2 Å². The lowest BCUT2D eigenvalue weighted by molar-refractivity contribution is -0.125. The molecular weight excluding hydrogens is 380 g/mol. The quantitative estimate of drug-likeness (QED) is 0.647. The number of tetrazole rings is 1. The average molecular weight is 406 g/mol. The van der Waals surface area contributed by atoms with Crippen molar-refractivity contribution < 1.29 is 9.53 Å². The zero-order valence-electron chi connectivity index (χ0n) is 17.2. The number of aryl methyl sites for hydroxylation is 1. The molecule has 0 saturated carbocycles. The van der Waals surface area contributed by atoms with Crippen LogP contribution < -0.4 is 10.1 Å². The molecule has 0 spiro atoms. The zero-order valence-corrected chi connectivity index (χ0v) is 17.2. The smallest absolute Gasteiger partial charge is 0.237 e. The Morgan fingerprint density at radius 3 is 2.77 bits per heavy atom. The predicted molar refractivity (Wildman–Crippen MR) is 112 cm³/mol. The molecule has 8 heteroatoms. The molecule has 1 aromatic heterocycles. The third-order valence-electron chi connectivity index (χ3n) is 5.53. The number of benzene rings is 2. The summed E-state index contributed by atoms with van der Waals surface area (Å²) in [6.07, 6.45) is 2.27. The Hall–Kier alpha value is -3.26. The van der Waals surface area contributed by atoms with Gasteiger partial charge in [-0.25, -0.2) is 4.68 Å². The Balaban J connectivity index is 1.47. The molecule has 1 N–H and O–H groups in total. The first kappa shape index (κ1) is 20.0. The van der Waals surface area contributed by atoms with Gasteiger partial charge in [-0.05, 0) is 47.0 Å². The summed E-state index contributed by atoms with van der Waals surface area (Å²) >= 11 is 0. The van der Waals surface area contributed by atoms with E-state index in [1.807, 2.05) is 36.4 Å². The molecule has 3 aromatic rings. The van der Waals surface area contributed by atoms with E-state index < -0.39 is 0 Å². The van der Waals surface area contributed by atoms with Crippen LogP contribution in [0, 0.1) is 6.92 Å². The van der Waals surface area contributed by atoms with Gasteiger partial charge in [0.2, 0.25) is 5.91 Å². The SMILES string of the molecule is COc1cccc(CN2C[C@@H](n3cnnn3)C[C@H]2C(=O)NCc2ccc(C)cc2)c1. The highest BCUT2D eigenvalue weighted by Crippen LogP contribution is 2.29. The van der Waals surface area contributed by atoms with E-state index in [1.54, 1.807) is 18.1 Å². The van der Waals surface area contributed by atoms with Gasteiger partial charge < -0.3 is 10.1 Å². The van der Waals surface area contributed by atoms with Crippen molar-refractivity contribution in [2.24, 2.45) is 0 Å². The lowest BCUT2D eigenvalue weighted by Crippen LogP contribution is -2.42. The molecule has 2 aromatic carbocycles. The van der Waals surface area contributed by atoms with Crippen molar-refractivity contribution in [2.75, 3.05) is 13.7 Å². The number of ether oxygens (including phenoxy) is 1. The molecule has 1 saturated heterocycles. The number of aromatic nitrogens is 4. The molecule has 0 unspecified atom stereocenters. The summed E-state index contributed by atoms with van der Waals surface area (Å²) in [7, 11) is 1.66. The molecule has 1 aliphatic rings. The summed E-state index contributed by atoms with van der Waals surface area (Å²) in [6.45, 7) is 3.91. The fourth-order valence-corrected chi connectivity index (χ4v) is 3.87. The highest BCUT2D eigenvalue weighted by atomic mass is 16.5. The normalized spacial score (nSPS) is 19.0. The van der Waals surface area contributed by atoms with Gasteiger partial charge in [0.15, 0.2) is 0 Å². The maximum Gasteiger partial charge on any atom is 0.237 e. The summed E-state index contributed by atoms with van der Waals surface area (Å²) in [4.78, 5) is 15.3. The monoisotopic (exact) mass is 406 g/mol. The van der Waals surface area contributed by atoms with Crippen molar-refractivity contribution in [3.05, 3.63) is 71.5 Å². The molecule has 0 radical (unpaired) electrons. The highest BCUT2D eigenvalue weighted by molar-refractivity contribution is 5.82. The van der Waals surface area contributed by atoms with Crippen molar-refractivity contribution in [3.63, 3.8) is 0 Å². The van der Waals surface area contributed by atoms with E-state index >= 15 is 0 Å². The molecule has 2 heterocycles. The Morgan fingerprint density at radius 2 is 2.03 bits per heavy atom. The predicted octanol–water partition coefficient (Wildman–Crippen LogP) is 2.12. The maximum atomic E-state index is 13.1. The van der Waals surface area contributed by atoms with E-state index in [4.69, 9.17) is 4.74 Å². The number of likely N-dealkylation sites (tertiary alicyclic amines) is 1. The summed E-state index contributed by atoms with van der Waals surface area (Å²) in [5, 5.41) is 14.6. The fourth-order valence-electron chi connectivity index (χ4n) is 3.87. The third-order valence-corrected chi connectivity index (χ3v) is 5.53. The summed E-state index contributed by atoms with van der Waals surface area (Å²) in [5.41, 5.74) is 3.39. The van der Waals surface area contributed by atoms with Gasteiger partial charge in [0.05, 0.1) is 19.2 Å². The number of carbonyl (C=O) groups is 1. The first-order chi connectivity index (χ1) is 14.6. The van der Waals surface area contributed by atoms with Crippen LogP contribution in [-0.4, -0.2) is 50.7 Å². The second-order valence-corrected chi connectivity index (χ2v) is 7.68. The minimum Gasteiger partial charge on any atom is -0.497 e. The second kappa shape index (κ2) is 9.04. The Kier molecular flexibility index (Phi) is 6.04. The lowest BCUT2D eigenvalue weighted by Gasteiger charge is -2.23. The van der Waals surface area contributed by atoms with Crippen LogP contribution in [0.3, 0.4) is 0 Å². The van der Waals surface area contributed by atoms with Crippen LogP contribution >= 0.6 is 0 Å². The lowest BCUT2D eigenvalue weighted by atomic mass is 10.1. The minimum absolute atomic E-state index is 0.0223. The van der Waals surface area contributed by atoms with Gasteiger partial charge in [0, 0.05) is 19.6 Å². The van der Waals surface area contributed by atoms with Crippen molar-refractivity contribution in [1.29, 1.82) is 0 Å². The number of nitrogens with zero attached hydrogens (tertiary/aromatic N) is 5. The Morgan fingerprint density at radius 1 is 1.20 bits per heavy atom. The molecular formula is C22H26N6O2. The standard InChI is InChI=1S/C22H26N6O2/c1-16-6-8-17(9-7-16)12-23-22(29)21-11-19(28-15-24-25-26-28)14-27(21)13-18-4-3-5-20(10-18)30-2/h3-10,15,19,21H,11-14H2,1-2H3,(H,23,29)/t19-,21-/m0/s1. The van der Waals surface area contributed by atoms with Crippen LogP contribution in [-0.2, 0) is 17.9 Å². The van der Waals surface area contributed by atoms with Gasteiger partial charge in [0.1, 0.15) is 12.1 Å². The first-order valence-electron chi connectivity index (χ1n) is 10.0. The van der Waals surface area contributed by atoms with Crippen LogP contribution in [0.5, 0.6) is 5.75 Å². The highest BCUT2D eigenvalue weighted by Gasteiger charge is 2.38. The number of rotatable bonds is 7. The molecule has 4 rings (SSSR count). The molecule has 8 nitrogen and oxygen atoms in total. The minimum atomic E-state index is -0.254. The maximum absolute atomic E-state index is 13.1. The van der Waals surface area contributed by atoms with Crippen molar-refractivity contribution >= 4 is 5.91 Å². The van der Waals surface area contributed by atoms with Crippen LogP contribution in [0.2, 0.25) is 0 Å². The molecule has 156 valence electrons. The number of amides is 1. The molecule has 2 atom stereocenters. The molecule has 1 aliphatic heterocycles. The Labute approximate surface area is 175 Å². The fraction of sp³-hybridized carbons (Fsp3) is 0.364. The van der Waals surface area contributed by atoms with E-state index in [2.05, 4.69) is 44.8 Å². The number of hydrogen-bond donors (Lipinski definition) is 1. The van der Waals surface area contributed by atoms with E-state index in [1.165, 1.54) is 5.56 Å². The van der Waals surface area contributed by atoms with Gasteiger partial charge in [-0.1, -0.05) is 42.0 Å². The van der Waals surface area contributed by atoms with E-state index in [-0.39, 0.29) is 18.0 Å². The second-order valence-electron chi connectivity index (χ2n) is 7.68. The van der Waals surface area contributed by atoms with Gasteiger partial charge in [-0.2, -0.15) is 0 Å². The zero-order chi connectivity index (χ0) is 20.9. The van der Waals surface area contributed by atoms with Gasteiger partial charge in [-0.3, -0.25) is 9.69 Å². The largest absolute Gasteiger partial charge is 0.497 e. The van der Waals surface area contributed by atoms with Gasteiger partial charge >= 0.3 is 0 Å². The molecule has 30 heavy (non-hydrogen) atoms. The van der Waals surface area contributed by atoms with Crippen LogP contribution in [0.15, 0.2) is 54.9 Å². The molecule has 1 amide bonds. The number of hydrogen-bond acceptors (Lipinski definition) is 6. The molecule has 1 fully saturated rings. The van der Waals surface area contributed by atoms with Crippen LogP contribution in [0.4, 0.5) is 0 Å². The van der Waals surface area contributed by atoms with Crippen LogP contribution in [0.1, 0.15) is 29.2 Å². The molecule has 0 aliphatic carbocycles. The average Bonchev–Trinajstić information content (AvgIpc) is 3.43. The van der Waals surface area contributed by atoms with E-state index in [0.717, 1.165) is 16.9 Å². The van der Waals surface area contributed by atoms with Gasteiger partial charge in [0.25, 0.3) is 0 Å². The van der Waals surface area contributed by atoms with E-state index in [0.29, 0.717) is 26.1 Å². The van der Waals surface area contributed by atoms with Gasteiger partial charge in [-0.15, -0.1) is 5.10 Å². The number of nitrogens with one attached hydrogen (secondary N) is 1. The first-order valence-corrected chi connectivity index (χ1v) is 10.0. The van der Waals surface area contributed by atoms with E-state index in [9.17, 15) is 4.79 Å². The number of carbonyl (C=O) groups excluding carboxylic acids is 1. The van der Waals surface area contributed by atoms with Crippen molar-refractivity contribution in [1.82, 2.24) is 30.4 Å². The van der Waals surface area contributed by atoms with Crippen LogP contribution in [0.25, 0.3) is 0 Å². The summed E-state index contributed by atoms with van der Waals surface area (Å²) < 4.78 is 7.08. The molecule has 0 bridgehead atoms.